The fourth-order valence-electron chi connectivity index (χ4n) is 6.65. The van der Waals surface area contributed by atoms with Gasteiger partial charge in [0.05, 0.1) is 5.52 Å². The highest BCUT2D eigenvalue weighted by Gasteiger charge is 2.50. The van der Waals surface area contributed by atoms with E-state index < -0.39 is 6.04 Å². The van der Waals surface area contributed by atoms with E-state index in [9.17, 15) is 0 Å². The van der Waals surface area contributed by atoms with Gasteiger partial charge in [-0.1, -0.05) is 106 Å². The molecule has 2 aliphatic heterocycles. The van der Waals surface area contributed by atoms with Gasteiger partial charge in [0.2, 0.25) is 0 Å². The molecule has 0 saturated carbocycles. The first-order chi connectivity index (χ1) is 16.3. The standard InChI is InChI=1S/C31H26NPS/c1-30(2)22-11-5-7-13-25(22)33(34)26-14-8-6-12-23(26)31(3,4)27-20-16-15-19-10-9-17-32-28(19)21(20)18-24(30)29(27)33/h5-18H,1-4H3. The van der Waals surface area contributed by atoms with Crippen LogP contribution < -0.4 is 15.9 Å². The Morgan fingerprint density at radius 2 is 1.32 bits per heavy atom. The van der Waals surface area contributed by atoms with E-state index in [-0.39, 0.29) is 10.8 Å². The summed E-state index contributed by atoms with van der Waals surface area (Å²) in [6.07, 6.45) is 1.91. The van der Waals surface area contributed by atoms with Gasteiger partial charge >= 0.3 is 0 Å². The summed E-state index contributed by atoms with van der Waals surface area (Å²) < 4.78 is 0. The van der Waals surface area contributed by atoms with Crippen LogP contribution in [0.25, 0.3) is 21.7 Å². The number of aromatic nitrogens is 1. The number of hydrogen-bond donors (Lipinski definition) is 0. The molecule has 7 rings (SSSR count). The van der Waals surface area contributed by atoms with Crippen LogP contribution in [0.3, 0.4) is 0 Å². The summed E-state index contributed by atoms with van der Waals surface area (Å²) >= 11 is 6.92. The zero-order chi connectivity index (χ0) is 23.5. The van der Waals surface area contributed by atoms with Crippen LogP contribution in [-0.4, -0.2) is 4.98 Å². The van der Waals surface area contributed by atoms with E-state index in [1.807, 2.05) is 12.3 Å². The smallest absolute Gasteiger partial charge is 0.0780 e. The fourth-order valence-corrected chi connectivity index (χ4v) is 12.3. The molecule has 3 heterocycles. The molecule has 0 amide bonds. The average molecular weight is 476 g/mol. The second-order valence-corrected chi connectivity index (χ2v) is 15.0. The molecule has 4 aromatic carbocycles. The van der Waals surface area contributed by atoms with Gasteiger partial charge in [0.15, 0.2) is 0 Å². The molecule has 0 saturated heterocycles. The average Bonchev–Trinajstić information content (AvgIpc) is 2.85. The van der Waals surface area contributed by atoms with Crippen molar-refractivity contribution in [2.24, 2.45) is 0 Å². The molecular formula is C31H26NPS. The van der Waals surface area contributed by atoms with Crippen molar-refractivity contribution in [3.8, 4) is 0 Å². The third-order valence-corrected chi connectivity index (χ3v) is 13.3. The van der Waals surface area contributed by atoms with E-state index in [1.54, 1.807) is 0 Å². The lowest BCUT2D eigenvalue weighted by molar-refractivity contribution is 0.629. The lowest BCUT2D eigenvalue weighted by Gasteiger charge is -2.49. The maximum atomic E-state index is 6.92. The summed E-state index contributed by atoms with van der Waals surface area (Å²) in [4.78, 5) is 4.86. The molecule has 34 heavy (non-hydrogen) atoms. The highest BCUT2D eigenvalue weighted by molar-refractivity contribution is 8.25. The Labute approximate surface area is 205 Å². The van der Waals surface area contributed by atoms with Crippen molar-refractivity contribution < 1.29 is 0 Å². The molecular weight excluding hydrogens is 449 g/mol. The van der Waals surface area contributed by atoms with Crippen LogP contribution in [-0.2, 0) is 22.6 Å². The van der Waals surface area contributed by atoms with Crippen molar-refractivity contribution in [3.63, 3.8) is 0 Å². The van der Waals surface area contributed by atoms with E-state index in [0.29, 0.717) is 0 Å². The minimum atomic E-state index is -2.23. The third-order valence-electron chi connectivity index (χ3n) is 8.31. The quantitative estimate of drug-likeness (QED) is 0.189. The van der Waals surface area contributed by atoms with E-state index in [4.69, 9.17) is 16.8 Å². The highest BCUT2D eigenvalue weighted by atomic mass is 32.4. The molecule has 0 fully saturated rings. The van der Waals surface area contributed by atoms with Gasteiger partial charge in [0, 0.05) is 39.1 Å². The van der Waals surface area contributed by atoms with Gasteiger partial charge in [-0.15, -0.1) is 0 Å². The number of pyridine rings is 1. The van der Waals surface area contributed by atoms with Crippen LogP contribution in [0.2, 0.25) is 0 Å². The van der Waals surface area contributed by atoms with Crippen molar-refractivity contribution >= 4 is 55.4 Å². The Bertz CT molecular complexity index is 1730. The molecule has 0 aliphatic carbocycles. The lowest BCUT2D eigenvalue weighted by Crippen LogP contribution is -2.50. The summed E-state index contributed by atoms with van der Waals surface area (Å²) in [5, 5.41) is 7.89. The Balaban J connectivity index is 1.80. The molecule has 5 aromatic rings. The Morgan fingerprint density at radius 1 is 0.676 bits per heavy atom. The summed E-state index contributed by atoms with van der Waals surface area (Å²) in [5.74, 6) is 0. The van der Waals surface area contributed by atoms with Gasteiger partial charge in [-0.05, 0) is 50.4 Å². The first kappa shape index (κ1) is 20.6. The van der Waals surface area contributed by atoms with E-state index >= 15 is 0 Å². The van der Waals surface area contributed by atoms with Gasteiger partial charge < -0.3 is 0 Å². The maximum Gasteiger partial charge on any atom is 0.0780 e. The minimum absolute atomic E-state index is 0.142. The summed E-state index contributed by atoms with van der Waals surface area (Å²) in [6.45, 7) is 9.52. The molecule has 2 aliphatic rings. The van der Waals surface area contributed by atoms with Crippen molar-refractivity contribution in [2.45, 2.75) is 38.5 Å². The normalized spacial score (nSPS) is 21.1. The molecule has 1 unspecified atom stereocenters. The van der Waals surface area contributed by atoms with Crippen LogP contribution in [0.15, 0.2) is 85.1 Å². The summed E-state index contributed by atoms with van der Waals surface area (Å²) in [7, 11) is 0. The Kier molecular flexibility index (Phi) is 3.90. The maximum absolute atomic E-state index is 6.92. The number of fused-ring (bicyclic) bond motifs is 8. The highest BCUT2D eigenvalue weighted by Crippen LogP contribution is 2.60. The molecule has 3 heteroatoms. The number of hydrogen-bond acceptors (Lipinski definition) is 2. The monoisotopic (exact) mass is 475 g/mol. The number of rotatable bonds is 0. The van der Waals surface area contributed by atoms with Crippen LogP contribution in [0.4, 0.5) is 0 Å². The van der Waals surface area contributed by atoms with Crippen LogP contribution >= 0.6 is 6.04 Å². The summed E-state index contributed by atoms with van der Waals surface area (Å²) in [5.41, 5.74) is 6.33. The van der Waals surface area contributed by atoms with E-state index in [1.165, 1.54) is 54.3 Å². The second-order valence-electron chi connectivity index (χ2n) is 10.8. The Hall–Kier alpha value is -2.80. The summed E-state index contributed by atoms with van der Waals surface area (Å²) in [6, 6.07) is 26.9. The molecule has 0 spiro atoms. The first-order valence-electron chi connectivity index (χ1n) is 11.9. The lowest BCUT2D eigenvalue weighted by atomic mass is 9.70. The van der Waals surface area contributed by atoms with Crippen LogP contribution in [0.5, 0.6) is 0 Å². The molecule has 166 valence electrons. The minimum Gasteiger partial charge on any atom is -0.256 e. The molecule has 0 bridgehead atoms. The van der Waals surface area contributed by atoms with Crippen LogP contribution in [0, 0.1) is 0 Å². The van der Waals surface area contributed by atoms with Crippen molar-refractivity contribution in [2.75, 3.05) is 0 Å². The van der Waals surface area contributed by atoms with E-state index in [2.05, 4.69) is 100 Å². The number of nitrogens with zero attached hydrogens (tertiary/aromatic N) is 1. The fraction of sp³-hybridized carbons (Fsp3) is 0.194. The Morgan fingerprint density at radius 3 is 2.03 bits per heavy atom. The van der Waals surface area contributed by atoms with Crippen molar-refractivity contribution in [1.82, 2.24) is 4.98 Å². The first-order valence-corrected chi connectivity index (χ1v) is 14.7. The largest absolute Gasteiger partial charge is 0.256 e. The van der Waals surface area contributed by atoms with E-state index in [0.717, 1.165) is 5.52 Å². The molecule has 0 radical (unpaired) electrons. The van der Waals surface area contributed by atoms with Gasteiger partial charge in [-0.3, -0.25) is 4.98 Å². The predicted molar refractivity (Wildman–Crippen MR) is 150 cm³/mol. The molecule has 1 nitrogen and oxygen atoms in total. The second kappa shape index (κ2) is 6.45. The van der Waals surface area contributed by atoms with Gasteiger partial charge in [-0.2, -0.15) is 0 Å². The third kappa shape index (κ3) is 2.27. The zero-order valence-corrected chi connectivity index (χ0v) is 21.6. The predicted octanol–water partition coefficient (Wildman–Crippen LogP) is 6.42. The van der Waals surface area contributed by atoms with Crippen molar-refractivity contribution in [1.29, 1.82) is 0 Å². The van der Waals surface area contributed by atoms with Crippen molar-refractivity contribution in [3.05, 3.63) is 107 Å². The zero-order valence-electron chi connectivity index (χ0n) is 19.9. The molecule has 1 atom stereocenters. The van der Waals surface area contributed by atoms with Crippen LogP contribution in [0.1, 0.15) is 49.9 Å². The van der Waals surface area contributed by atoms with Gasteiger partial charge in [0.1, 0.15) is 0 Å². The van der Waals surface area contributed by atoms with Gasteiger partial charge in [-0.25, -0.2) is 0 Å². The molecule has 1 aromatic heterocycles. The van der Waals surface area contributed by atoms with Gasteiger partial charge in [0.25, 0.3) is 0 Å². The number of benzene rings is 4. The topological polar surface area (TPSA) is 12.9 Å². The SMILES string of the molecule is CC1(C)c2ccccc2P2(=S)c3ccccc3C(C)(C)c3c2c1cc1c3ccc2cccnc21. The molecule has 0 N–H and O–H groups in total.